The minimum Gasteiger partial charge on any atom is -0.397 e. The zero-order valence-corrected chi connectivity index (χ0v) is 11.7. The average Bonchev–Trinajstić information content (AvgIpc) is 2.40. The van der Waals surface area contributed by atoms with Crippen LogP contribution >= 0.6 is 0 Å². The van der Waals surface area contributed by atoms with E-state index in [0.717, 1.165) is 12.8 Å². The zero-order valence-electron chi connectivity index (χ0n) is 11.7. The van der Waals surface area contributed by atoms with Crippen molar-refractivity contribution in [3.8, 4) is 0 Å². The first kappa shape index (κ1) is 16.0. The maximum atomic E-state index is 12.1. The Hall–Kier alpha value is -2.08. The summed E-state index contributed by atoms with van der Waals surface area (Å²) in [6.45, 7) is 2.04. The first-order valence-electron chi connectivity index (χ1n) is 6.62. The fourth-order valence-corrected chi connectivity index (χ4v) is 1.83. The molecule has 0 saturated heterocycles. The van der Waals surface area contributed by atoms with E-state index in [1.165, 1.54) is 13.0 Å². The Morgan fingerprint density at radius 3 is 2.45 bits per heavy atom. The number of anilines is 2. The lowest BCUT2D eigenvalue weighted by Gasteiger charge is -2.16. The van der Waals surface area contributed by atoms with Crippen LogP contribution in [-0.2, 0) is 4.79 Å². The first-order chi connectivity index (χ1) is 9.45. The molecule has 0 aliphatic rings. The molecule has 1 rings (SSSR count). The molecule has 20 heavy (non-hydrogen) atoms. The van der Waals surface area contributed by atoms with Gasteiger partial charge in [-0.15, -0.1) is 0 Å². The second kappa shape index (κ2) is 7.49. The van der Waals surface area contributed by atoms with Crippen molar-refractivity contribution >= 4 is 23.1 Å². The van der Waals surface area contributed by atoms with Crippen molar-refractivity contribution in [1.82, 2.24) is 5.32 Å². The number of benzene rings is 1. The largest absolute Gasteiger partial charge is 0.397 e. The lowest BCUT2D eigenvalue weighted by atomic mass is 10.1. The molecule has 0 saturated carbocycles. The van der Waals surface area contributed by atoms with Gasteiger partial charge in [0.1, 0.15) is 0 Å². The smallest absolute Gasteiger partial charge is 0.251 e. The van der Waals surface area contributed by atoms with Crippen molar-refractivity contribution in [2.75, 3.05) is 18.0 Å². The summed E-state index contributed by atoms with van der Waals surface area (Å²) in [7, 11) is 0. The summed E-state index contributed by atoms with van der Waals surface area (Å²) in [5.41, 5.74) is 17.8. The van der Waals surface area contributed by atoms with Crippen LogP contribution in [0.2, 0.25) is 0 Å². The third kappa shape index (κ3) is 4.55. The average molecular weight is 278 g/mol. The topological polar surface area (TPSA) is 124 Å². The molecule has 0 aliphatic carbocycles. The quantitative estimate of drug-likeness (QED) is 0.431. The molecule has 0 unspecified atom stereocenters. The van der Waals surface area contributed by atoms with E-state index in [2.05, 4.69) is 5.32 Å². The van der Waals surface area contributed by atoms with Gasteiger partial charge in [0.2, 0.25) is 0 Å². The Morgan fingerprint density at radius 2 is 1.90 bits per heavy atom. The highest BCUT2D eigenvalue weighted by Crippen LogP contribution is 2.16. The van der Waals surface area contributed by atoms with E-state index in [9.17, 15) is 9.59 Å². The number of unbranched alkanes of at least 4 members (excludes halogenated alkanes) is 1. The fraction of sp³-hybridized carbons (Fsp3) is 0.429. The van der Waals surface area contributed by atoms with Gasteiger partial charge in [0, 0.05) is 5.56 Å². The molecule has 0 fully saturated rings. The molecule has 0 heterocycles. The summed E-state index contributed by atoms with van der Waals surface area (Å²) in [6.07, 6.45) is 2.21. The Labute approximate surface area is 118 Å². The van der Waals surface area contributed by atoms with Crippen LogP contribution in [-0.4, -0.2) is 24.3 Å². The van der Waals surface area contributed by atoms with E-state index in [1.54, 1.807) is 12.1 Å². The van der Waals surface area contributed by atoms with Crippen LogP contribution < -0.4 is 22.5 Å². The number of nitrogens with two attached hydrogens (primary N) is 3. The highest BCUT2D eigenvalue weighted by molar-refractivity contribution is 5.98. The van der Waals surface area contributed by atoms with Crippen molar-refractivity contribution < 1.29 is 9.59 Å². The lowest BCUT2D eigenvalue weighted by Crippen LogP contribution is -2.39. The predicted molar refractivity (Wildman–Crippen MR) is 80.1 cm³/mol. The molecule has 1 aromatic carbocycles. The number of carbonyl (C=O) groups excluding carboxylic acids is 2. The second-order valence-corrected chi connectivity index (χ2v) is 4.76. The SMILES string of the molecule is CC(=O)[C@H](CCCCN)NC(=O)c1ccc(N)c(N)c1. The Kier molecular flexibility index (Phi) is 5.99. The van der Waals surface area contributed by atoms with E-state index in [0.29, 0.717) is 29.9 Å². The van der Waals surface area contributed by atoms with E-state index in [1.807, 2.05) is 0 Å². The summed E-state index contributed by atoms with van der Waals surface area (Å²) in [4.78, 5) is 23.6. The molecule has 0 aliphatic heterocycles. The van der Waals surface area contributed by atoms with Crippen LogP contribution in [0.3, 0.4) is 0 Å². The Morgan fingerprint density at radius 1 is 1.20 bits per heavy atom. The molecular formula is C14H22N4O2. The van der Waals surface area contributed by atoms with E-state index in [-0.39, 0.29) is 11.7 Å². The summed E-state index contributed by atoms with van der Waals surface area (Å²) in [6, 6.07) is 4.16. The molecule has 1 aromatic rings. The maximum Gasteiger partial charge on any atom is 0.251 e. The summed E-state index contributed by atoms with van der Waals surface area (Å²) < 4.78 is 0. The van der Waals surface area contributed by atoms with Gasteiger partial charge in [0.05, 0.1) is 17.4 Å². The minimum atomic E-state index is -0.493. The summed E-state index contributed by atoms with van der Waals surface area (Å²) in [5, 5.41) is 2.71. The summed E-state index contributed by atoms with van der Waals surface area (Å²) in [5.74, 6) is -0.400. The molecule has 0 spiro atoms. The van der Waals surface area contributed by atoms with Gasteiger partial charge in [-0.2, -0.15) is 0 Å². The van der Waals surface area contributed by atoms with Gasteiger partial charge in [0.15, 0.2) is 5.78 Å². The van der Waals surface area contributed by atoms with Crippen molar-refractivity contribution in [3.05, 3.63) is 23.8 Å². The van der Waals surface area contributed by atoms with E-state index >= 15 is 0 Å². The summed E-state index contributed by atoms with van der Waals surface area (Å²) >= 11 is 0. The van der Waals surface area contributed by atoms with Crippen molar-refractivity contribution in [2.24, 2.45) is 5.73 Å². The number of rotatable bonds is 7. The fourth-order valence-electron chi connectivity index (χ4n) is 1.83. The molecule has 6 heteroatoms. The van der Waals surface area contributed by atoms with Gasteiger partial charge in [-0.1, -0.05) is 0 Å². The number of hydrogen-bond donors (Lipinski definition) is 4. The number of nitrogens with one attached hydrogen (secondary N) is 1. The third-order valence-electron chi connectivity index (χ3n) is 3.09. The molecule has 110 valence electrons. The molecule has 1 amide bonds. The van der Waals surface area contributed by atoms with Gasteiger partial charge in [-0.25, -0.2) is 0 Å². The zero-order chi connectivity index (χ0) is 15.1. The number of nitrogen functional groups attached to an aromatic ring is 2. The number of hydrogen-bond acceptors (Lipinski definition) is 5. The van der Waals surface area contributed by atoms with Crippen LogP contribution in [0.15, 0.2) is 18.2 Å². The standard InChI is InChI=1S/C14H22N4O2/c1-9(19)13(4-2-3-7-15)18-14(20)10-5-6-11(16)12(17)8-10/h5-6,8,13H,2-4,7,15-17H2,1H3,(H,18,20)/t13-/m0/s1. The van der Waals surface area contributed by atoms with Gasteiger partial charge < -0.3 is 22.5 Å². The van der Waals surface area contributed by atoms with Crippen LogP contribution in [0.25, 0.3) is 0 Å². The molecule has 0 bridgehead atoms. The molecule has 0 aromatic heterocycles. The number of carbonyl (C=O) groups is 2. The molecule has 0 radical (unpaired) electrons. The molecular weight excluding hydrogens is 256 g/mol. The normalized spacial score (nSPS) is 11.9. The highest BCUT2D eigenvalue weighted by atomic mass is 16.2. The van der Waals surface area contributed by atoms with Gasteiger partial charge in [0.25, 0.3) is 5.91 Å². The van der Waals surface area contributed by atoms with Gasteiger partial charge in [-0.05, 0) is 50.9 Å². The first-order valence-corrected chi connectivity index (χ1v) is 6.62. The van der Waals surface area contributed by atoms with Crippen LogP contribution in [0.1, 0.15) is 36.5 Å². The second-order valence-electron chi connectivity index (χ2n) is 4.76. The van der Waals surface area contributed by atoms with E-state index in [4.69, 9.17) is 17.2 Å². The third-order valence-corrected chi connectivity index (χ3v) is 3.09. The number of amides is 1. The lowest BCUT2D eigenvalue weighted by molar-refractivity contribution is -0.119. The Bertz CT molecular complexity index is 488. The molecule has 6 nitrogen and oxygen atoms in total. The van der Waals surface area contributed by atoms with Crippen LogP contribution in [0.5, 0.6) is 0 Å². The Balaban J connectivity index is 2.69. The van der Waals surface area contributed by atoms with E-state index < -0.39 is 6.04 Å². The monoisotopic (exact) mass is 278 g/mol. The van der Waals surface area contributed by atoms with Crippen LogP contribution in [0, 0.1) is 0 Å². The highest BCUT2D eigenvalue weighted by Gasteiger charge is 2.17. The van der Waals surface area contributed by atoms with Crippen molar-refractivity contribution in [3.63, 3.8) is 0 Å². The van der Waals surface area contributed by atoms with Gasteiger partial charge >= 0.3 is 0 Å². The molecule has 7 N–H and O–H groups in total. The minimum absolute atomic E-state index is 0.0706. The molecule has 1 atom stereocenters. The predicted octanol–water partition coefficient (Wildman–Crippen LogP) is 0.667. The maximum absolute atomic E-state index is 12.1. The number of Topliss-reactive ketones (excluding diaryl/α,β-unsaturated/α-hetero) is 1. The van der Waals surface area contributed by atoms with Crippen molar-refractivity contribution in [2.45, 2.75) is 32.2 Å². The van der Waals surface area contributed by atoms with Crippen LogP contribution in [0.4, 0.5) is 11.4 Å². The number of ketones is 1. The van der Waals surface area contributed by atoms with Crippen molar-refractivity contribution in [1.29, 1.82) is 0 Å². The van der Waals surface area contributed by atoms with Gasteiger partial charge in [-0.3, -0.25) is 9.59 Å².